The van der Waals surface area contributed by atoms with E-state index in [4.69, 9.17) is 23.2 Å². The number of benzene rings is 2. The Labute approximate surface area is 190 Å². The molecule has 0 aliphatic carbocycles. The Morgan fingerprint density at radius 1 is 1.16 bits per heavy atom. The van der Waals surface area contributed by atoms with Crippen LogP contribution < -0.4 is 10.9 Å². The molecule has 5 rings (SSSR count). The van der Waals surface area contributed by atoms with Crippen LogP contribution in [-0.2, 0) is 0 Å². The molecule has 0 saturated heterocycles. The van der Waals surface area contributed by atoms with Gasteiger partial charge in [-0.1, -0.05) is 29.3 Å². The quantitative estimate of drug-likeness (QED) is 0.396. The first-order valence-corrected chi connectivity index (χ1v) is 10.3. The summed E-state index contributed by atoms with van der Waals surface area (Å²) in [5.74, 6) is 0.0925. The van der Waals surface area contributed by atoms with Crippen LogP contribution in [0.1, 0.15) is 18.8 Å². The van der Waals surface area contributed by atoms with Gasteiger partial charge in [0.25, 0.3) is 5.56 Å². The number of aromatic amines is 1. The summed E-state index contributed by atoms with van der Waals surface area (Å²) in [6, 6.07) is 8.45. The molecule has 2 N–H and O–H groups in total. The van der Waals surface area contributed by atoms with E-state index < -0.39 is 17.4 Å². The van der Waals surface area contributed by atoms with E-state index >= 15 is 0 Å². The van der Waals surface area contributed by atoms with Crippen molar-refractivity contribution in [2.24, 2.45) is 0 Å². The lowest BCUT2D eigenvalue weighted by atomic mass is 10.2. The zero-order chi connectivity index (χ0) is 22.4. The van der Waals surface area contributed by atoms with Gasteiger partial charge in [-0.15, -0.1) is 0 Å². The van der Waals surface area contributed by atoms with Crippen LogP contribution in [0.5, 0.6) is 0 Å². The first kappa shape index (κ1) is 20.3. The standard InChI is InChI=1S/C21H14Cl2FN7O/c1-10(29-19-17-18(26-8-25-17)27-9-28-19)20-30-14-4-2-3-13(24)16(14)21(32)31(20)15-7-11(22)5-6-12(15)23/h2-10H,1H3,(H2,25,26,27,28,29)/t10-/m1/s1. The highest BCUT2D eigenvalue weighted by Gasteiger charge is 2.22. The monoisotopic (exact) mass is 469 g/mol. The molecule has 0 amide bonds. The minimum atomic E-state index is -0.672. The molecule has 0 saturated carbocycles. The van der Waals surface area contributed by atoms with Gasteiger partial charge in [0.05, 0.1) is 28.6 Å². The first-order chi connectivity index (χ1) is 15.4. The lowest BCUT2D eigenvalue weighted by Gasteiger charge is -2.21. The van der Waals surface area contributed by atoms with Gasteiger partial charge in [0.1, 0.15) is 28.9 Å². The molecule has 5 aromatic rings. The topological polar surface area (TPSA) is 101 Å². The summed E-state index contributed by atoms with van der Waals surface area (Å²) >= 11 is 12.6. The van der Waals surface area contributed by atoms with Crippen molar-refractivity contribution >= 4 is 51.1 Å². The van der Waals surface area contributed by atoms with Crippen molar-refractivity contribution in [3.05, 3.63) is 81.1 Å². The lowest BCUT2D eigenvalue weighted by molar-refractivity contribution is 0.635. The van der Waals surface area contributed by atoms with E-state index in [9.17, 15) is 9.18 Å². The van der Waals surface area contributed by atoms with E-state index in [1.165, 1.54) is 35.4 Å². The molecule has 0 unspecified atom stereocenters. The molecule has 11 heteroatoms. The van der Waals surface area contributed by atoms with Crippen LogP contribution in [0.3, 0.4) is 0 Å². The van der Waals surface area contributed by atoms with Crippen molar-refractivity contribution in [3.63, 3.8) is 0 Å². The van der Waals surface area contributed by atoms with Gasteiger partial charge in [-0.3, -0.25) is 9.36 Å². The number of nitrogens with zero attached hydrogens (tertiary/aromatic N) is 5. The number of anilines is 1. The van der Waals surface area contributed by atoms with E-state index in [0.717, 1.165) is 0 Å². The van der Waals surface area contributed by atoms with Gasteiger partial charge in [0.2, 0.25) is 0 Å². The van der Waals surface area contributed by atoms with Crippen LogP contribution in [0.15, 0.2) is 53.8 Å². The maximum atomic E-state index is 14.6. The first-order valence-electron chi connectivity index (χ1n) is 9.51. The van der Waals surface area contributed by atoms with Crippen molar-refractivity contribution in [2.45, 2.75) is 13.0 Å². The second-order valence-electron chi connectivity index (χ2n) is 7.03. The number of H-pyrrole nitrogens is 1. The fraction of sp³-hybridized carbons (Fsp3) is 0.0952. The van der Waals surface area contributed by atoms with Gasteiger partial charge < -0.3 is 10.3 Å². The molecule has 0 spiro atoms. The third kappa shape index (κ3) is 3.35. The fourth-order valence-electron chi connectivity index (χ4n) is 3.53. The van der Waals surface area contributed by atoms with Crippen LogP contribution in [-0.4, -0.2) is 29.5 Å². The number of nitrogens with one attached hydrogen (secondary N) is 2. The SMILES string of the molecule is C[C@@H](Nc1ncnc2nc[nH]c12)c1nc2cccc(F)c2c(=O)n1-c1cc(Cl)ccc1Cl. The third-order valence-electron chi connectivity index (χ3n) is 4.99. The van der Waals surface area contributed by atoms with E-state index in [1.807, 2.05) is 0 Å². The number of halogens is 3. The van der Waals surface area contributed by atoms with Crippen LogP contribution in [0, 0.1) is 5.82 Å². The maximum Gasteiger partial charge on any atom is 0.269 e. The predicted octanol–water partition coefficient (Wildman–Crippen LogP) is 4.67. The molecule has 0 aliphatic heterocycles. The number of hydrogen-bond acceptors (Lipinski definition) is 6. The molecule has 0 aliphatic rings. The summed E-state index contributed by atoms with van der Waals surface area (Å²) in [7, 11) is 0. The average molecular weight is 470 g/mol. The highest BCUT2D eigenvalue weighted by atomic mass is 35.5. The second kappa shape index (κ2) is 7.85. The Morgan fingerprint density at radius 2 is 2.00 bits per heavy atom. The summed E-state index contributed by atoms with van der Waals surface area (Å²) < 4.78 is 15.9. The molecule has 8 nitrogen and oxygen atoms in total. The summed E-state index contributed by atoms with van der Waals surface area (Å²) in [6.45, 7) is 1.80. The number of rotatable bonds is 4. The third-order valence-corrected chi connectivity index (χ3v) is 5.54. The largest absolute Gasteiger partial charge is 0.358 e. The summed E-state index contributed by atoms with van der Waals surface area (Å²) in [6.07, 6.45) is 2.89. The van der Waals surface area contributed by atoms with Gasteiger partial charge in [0, 0.05) is 5.02 Å². The smallest absolute Gasteiger partial charge is 0.269 e. The highest BCUT2D eigenvalue weighted by molar-refractivity contribution is 6.34. The summed E-state index contributed by atoms with van der Waals surface area (Å²) in [5.41, 5.74) is 0.997. The Balaban J connectivity index is 1.75. The zero-order valence-electron chi connectivity index (χ0n) is 16.5. The van der Waals surface area contributed by atoms with Gasteiger partial charge in [0.15, 0.2) is 11.5 Å². The van der Waals surface area contributed by atoms with Gasteiger partial charge in [-0.25, -0.2) is 24.3 Å². The molecule has 1 atom stereocenters. The second-order valence-corrected chi connectivity index (χ2v) is 7.87. The van der Waals surface area contributed by atoms with Gasteiger partial charge >= 0.3 is 0 Å². The highest BCUT2D eigenvalue weighted by Crippen LogP contribution is 2.28. The Morgan fingerprint density at radius 3 is 2.84 bits per heavy atom. The minimum Gasteiger partial charge on any atom is -0.358 e. The van der Waals surface area contributed by atoms with Gasteiger partial charge in [-0.05, 0) is 37.3 Å². The van der Waals surface area contributed by atoms with E-state index in [0.29, 0.717) is 33.5 Å². The molecular weight excluding hydrogens is 456 g/mol. The van der Waals surface area contributed by atoms with E-state index in [2.05, 4.69) is 30.2 Å². The molecule has 0 fully saturated rings. The zero-order valence-corrected chi connectivity index (χ0v) is 18.0. The number of hydrogen-bond donors (Lipinski definition) is 2. The van der Waals surface area contributed by atoms with Crippen molar-refractivity contribution < 1.29 is 4.39 Å². The predicted molar refractivity (Wildman–Crippen MR) is 121 cm³/mol. The Hall–Kier alpha value is -3.56. The van der Waals surface area contributed by atoms with Crippen LogP contribution in [0.4, 0.5) is 10.2 Å². The van der Waals surface area contributed by atoms with Crippen molar-refractivity contribution in [2.75, 3.05) is 5.32 Å². The van der Waals surface area contributed by atoms with E-state index in [-0.39, 0.29) is 15.9 Å². The van der Waals surface area contributed by atoms with Crippen LogP contribution in [0.2, 0.25) is 10.0 Å². The summed E-state index contributed by atoms with van der Waals surface area (Å²) in [5, 5.41) is 3.71. The van der Waals surface area contributed by atoms with Crippen molar-refractivity contribution in [3.8, 4) is 5.69 Å². The number of fused-ring (bicyclic) bond motifs is 2. The maximum absolute atomic E-state index is 14.6. The van der Waals surface area contributed by atoms with E-state index in [1.54, 1.807) is 25.1 Å². The molecule has 3 aromatic heterocycles. The molecule has 160 valence electrons. The van der Waals surface area contributed by atoms with Gasteiger partial charge in [-0.2, -0.15) is 0 Å². The van der Waals surface area contributed by atoms with Crippen molar-refractivity contribution in [1.82, 2.24) is 29.5 Å². The lowest BCUT2D eigenvalue weighted by Crippen LogP contribution is -2.28. The summed E-state index contributed by atoms with van der Waals surface area (Å²) in [4.78, 5) is 33.5. The fourth-order valence-corrected chi connectivity index (χ4v) is 3.90. The molecule has 0 bridgehead atoms. The molecule has 32 heavy (non-hydrogen) atoms. The Kier molecular flexibility index (Phi) is 4.99. The molecular formula is C21H14Cl2FN7O. The van der Waals surface area contributed by atoms with Crippen molar-refractivity contribution in [1.29, 1.82) is 0 Å². The minimum absolute atomic E-state index is 0.141. The Bertz CT molecular complexity index is 1550. The van der Waals surface area contributed by atoms with Crippen LogP contribution >= 0.6 is 23.2 Å². The number of imidazole rings is 1. The molecule has 0 radical (unpaired) electrons. The molecule has 2 aromatic carbocycles. The average Bonchev–Trinajstić information content (AvgIpc) is 3.25. The van der Waals surface area contributed by atoms with Crippen LogP contribution in [0.25, 0.3) is 27.8 Å². The normalized spacial score (nSPS) is 12.4. The molecule has 3 heterocycles. The number of aromatic nitrogens is 6.